The van der Waals surface area contributed by atoms with Gasteiger partial charge in [0.2, 0.25) is 0 Å². The summed E-state index contributed by atoms with van der Waals surface area (Å²) in [6, 6.07) is 5.88. The van der Waals surface area contributed by atoms with E-state index in [4.69, 9.17) is 0 Å². The first kappa shape index (κ1) is 8.05. The quantitative estimate of drug-likeness (QED) is 0.640. The summed E-state index contributed by atoms with van der Waals surface area (Å²) in [4.78, 5) is 4.14. The van der Waals surface area contributed by atoms with Gasteiger partial charge < -0.3 is 0 Å². The van der Waals surface area contributed by atoms with Gasteiger partial charge in [0.15, 0.2) is 5.82 Å². The third-order valence-electron chi connectivity index (χ3n) is 2.18. The van der Waals surface area contributed by atoms with E-state index in [1.54, 1.807) is 18.6 Å². The molecule has 2 aromatic heterocycles. The molecule has 72 valence electrons. The van der Waals surface area contributed by atoms with Crippen molar-refractivity contribution in [3.63, 3.8) is 0 Å². The summed E-state index contributed by atoms with van der Waals surface area (Å²) < 4.78 is 0. The summed E-state index contributed by atoms with van der Waals surface area (Å²) in [5.74, 6) is 0.626. The molecule has 0 saturated carbocycles. The molecule has 2 heterocycles. The van der Waals surface area contributed by atoms with Gasteiger partial charge in [0.05, 0.1) is 17.9 Å². The van der Waals surface area contributed by atoms with Crippen molar-refractivity contribution in [2.24, 2.45) is 0 Å². The standard InChI is InChI=1S/C10H7N5/c1-2-9-8(6-13-14-9)5-7(1)10-11-3-4-12-15-10/h1-6H,(H,13,14). The largest absolute Gasteiger partial charge is 0.278 e. The van der Waals surface area contributed by atoms with Crippen molar-refractivity contribution in [1.29, 1.82) is 0 Å². The highest BCUT2D eigenvalue weighted by Crippen LogP contribution is 2.19. The van der Waals surface area contributed by atoms with E-state index in [-0.39, 0.29) is 0 Å². The number of fused-ring (bicyclic) bond motifs is 1. The third-order valence-corrected chi connectivity index (χ3v) is 2.18. The zero-order valence-corrected chi connectivity index (χ0v) is 7.75. The molecule has 0 fully saturated rings. The van der Waals surface area contributed by atoms with Crippen molar-refractivity contribution in [2.75, 3.05) is 0 Å². The zero-order valence-electron chi connectivity index (χ0n) is 7.75. The van der Waals surface area contributed by atoms with Crippen LogP contribution in [0.3, 0.4) is 0 Å². The molecule has 3 rings (SSSR count). The summed E-state index contributed by atoms with van der Waals surface area (Å²) in [6.07, 6.45) is 4.96. The van der Waals surface area contributed by atoms with Crippen LogP contribution in [0.2, 0.25) is 0 Å². The number of H-pyrrole nitrogens is 1. The molecular weight excluding hydrogens is 190 g/mol. The number of nitrogens with one attached hydrogen (secondary N) is 1. The maximum absolute atomic E-state index is 4.14. The Morgan fingerprint density at radius 2 is 2.13 bits per heavy atom. The Morgan fingerprint density at radius 3 is 3.00 bits per heavy atom. The smallest absolute Gasteiger partial charge is 0.181 e. The van der Waals surface area contributed by atoms with Crippen molar-refractivity contribution in [3.05, 3.63) is 36.8 Å². The van der Waals surface area contributed by atoms with E-state index in [9.17, 15) is 0 Å². The number of hydrogen-bond acceptors (Lipinski definition) is 4. The minimum absolute atomic E-state index is 0.626. The van der Waals surface area contributed by atoms with E-state index in [2.05, 4.69) is 25.4 Å². The van der Waals surface area contributed by atoms with Gasteiger partial charge in [0.25, 0.3) is 0 Å². The highest BCUT2D eigenvalue weighted by molar-refractivity contribution is 5.82. The van der Waals surface area contributed by atoms with Crippen LogP contribution in [0, 0.1) is 0 Å². The Bertz CT molecular complexity index is 587. The number of aromatic amines is 1. The van der Waals surface area contributed by atoms with Crippen LogP contribution < -0.4 is 0 Å². The maximum Gasteiger partial charge on any atom is 0.181 e. The molecule has 0 spiro atoms. The lowest BCUT2D eigenvalue weighted by Gasteiger charge is -1.97. The molecule has 0 bridgehead atoms. The molecule has 0 aliphatic rings. The predicted molar refractivity (Wildman–Crippen MR) is 54.9 cm³/mol. The Labute approximate surface area is 85.2 Å². The molecule has 5 heteroatoms. The van der Waals surface area contributed by atoms with Gasteiger partial charge >= 0.3 is 0 Å². The SMILES string of the molecule is c1cnc(-c2ccc3[nH]ncc3c2)nn1. The zero-order chi connectivity index (χ0) is 10.1. The number of nitrogens with zero attached hydrogens (tertiary/aromatic N) is 4. The topological polar surface area (TPSA) is 67.3 Å². The van der Waals surface area contributed by atoms with Crippen LogP contribution in [0.4, 0.5) is 0 Å². The fraction of sp³-hybridized carbons (Fsp3) is 0. The molecule has 1 N–H and O–H groups in total. The molecule has 0 unspecified atom stereocenters. The minimum Gasteiger partial charge on any atom is -0.278 e. The molecule has 0 saturated heterocycles. The average Bonchev–Trinajstić information content (AvgIpc) is 2.77. The second-order valence-electron chi connectivity index (χ2n) is 3.14. The Morgan fingerprint density at radius 1 is 1.13 bits per heavy atom. The first-order valence-corrected chi connectivity index (χ1v) is 4.51. The number of hydrogen-bond donors (Lipinski definition) is 1. The average molecular weight is 197 g/mol. The monoisotopic (exact) mass is 197 g/mol. The van der Waals surface area contributed by atoms with Crippen molar-refractivity contribution >= 4 is 10.9 Å². The molecule has 5 nitrogen and oxygen atoms in total. The lowest BCUT2D eigenvalue weighted by Crippen LogP contribution is -1.89. The van der Waals surface area contributed by atoms with E-state index in [1.165, 1.54) is 0 Å². The van der Waals surface area contributed by atoms with Gasteiger partial charge in [-0.2, -0.15) is 10.2 Å². The first-order chi connectivity index (χ1) is 7.43. The summed E-state index contributed by atoms with van der Waals surface area (Å²) >= 11 is 0. The molecule has 0 aliphatic heterocycles. The van der Waals surface area contributed by atoms with Gasteiger partial charge in [-0.15, -0.1) is 5.10 Å². The lowest BCUT2D eigenvalue weighted by molar-refractivity contribution is 0.980. The second kappa shape index (κ2) is 3.13. The van der Waals surface area contributed by atoms with Crippen molar-refractivity contribution in [2.45, 2.75) is 0 Å². The van der Waals surface area contributed by atoms with Crippen LogP contribution in [0.5, 0.6) is 0 Å². The first-order valence-electron chi connectivity index (χ1n) is 4.51. The minimum atomic E-state index is 0.626. The highest BCUT2D eigenvalue weighted by Gasteiger charge is 2.02. The van der Waals surface area contributed by atoms with Gasteiger partial charge in [-0.25, -0.2) is 4.98 Å². The Balaban J connectivity index is 2.19. The van der Waals surface area contributed by atoms with E-state index >= 15 is 0 Å². The third kappa shape index (κ3) is 1.34. The Kier molecular flexibility index (Phi) is 1.68. The van der Waals surface area contributed by atoms with E-state index in [0.29, 0.717) is 5.82 Å². The number of benzene rings is 1. The maximum atomic E-state index is 4.14. The van der Waals surface area contributed by atoms with Crippen LogP contribution in [0.25, 0.3) is 22.3 Å². The molecule has 15 heavy (non-hydrogen) atoms. The Hall–Kier alpha value is -2.30. The van der Waals surface area contributed by atoms with E-state index in [0.717, 1.165) is 16.5 Å². The molecule has 0 amide bonds. The molecule has 1 aromatic carbocycles. The fourth-order valence-electron chi connectivity index (χ4n) is 1.46. The van der Waals surface area contributed by atoms with Crippen molar-refractivity contribution < 1.29 is 0 Å². The van der Waals surface area contributed by atoms with Crippen molar-refractivity contribution in [1.82, 2.24) is 25.4 Å². The highest BCUT2D eigenvalue weighted by atomic mass is 15.1. The van der Waals surface area contributed by atoms with Crippen molar-refractivity contribution in [3.8, 4) is 11.4 Å². The summed E-state index contributed by atoms with van der Waals surface area (Å²) in [6.45, 7) is 0. The summed E-state index contributed by atoms with van der Waals surface area (Å²) in [7, 11) is 0. The molecule has 0 aliphatic carbocycles. The number of rotatable bonds is 1. The van der Waals surface area contributed by atoms with Crippen LogP contribution in [0.1, 0.15) is 0 Å². The van der Waals surface area contributed by atoms with Gasteiger partial charge in [-0.3, -0.25) is 5.10 Å². The van der Waals surface area contributed by atoms with Crippen LogP contribution >= 0.6 is 0 Å². The van der Waals surface area contributed by atoms with Gasteiger partial charge in [-0.05, 0) is 18.2 Å². The van der Waals surface area contributed by atoms with Gasteiger partial charge in [-0.1, -0.05) is 0 Å². The summed E-state index contributed by atoms with van der Waals surface area (Å²) in [5.41, 5.74) is 1.94. The van der Waals surface area contributed by atoms with Gasteiger partial charge in [0.1, 0.15) is 0 Å². The molecular formula is C10H7N5. The van der Waals surface area contributed by atoms with Gasteiger partial charge in [0, 0.05) is 17.1 Å². The molecule has 0 radical (unpaired) electrons. The lowest BCUT2D eigenvalue weighted by atomic mass is 10.1. The second-order valence-corrected chi connectivity index (χ2v) is 3.14. The van der Waals surface area contributed by atoms with Crippen LogP contribution in [-0.2, 0) is 0 Å². The fourth-order valence-corrected chi connectivity index (χ4v) is 1.46. The molecule has 0 atom stereocenters. The molecule has 3 aromatic rings. The number of aromatic nitrogens is 5. The normalized spacial score (nSPS) is 10.7. The predicted octanol–water partition coefficient (Wildman–Crippen LogP) is 1.41. The van der Waals surface area contributed by atoms with E-state index < -0.39 is 0 Å². The van der Waals surface area contributed by atoms with Crippen LogP contribution in [0.15, 0.2) is 36.8 Å². The van der Waals surface area contributed by atoms with Crippen LogP contribution in [-0.4, -0.2) is 25.4 Å². The van der Waals surface area contributed by atoms with E-state index in [1.807, 2.05) is 18.2 Å². The summed E-state index contributed by atoms with van der Waals surface area (Å²) in [5, 5.41) is 15.6.